The number of rotatable bonds is 7. The van der Waals surface area contributed by atoms with Crippen molar-refractivity contribution in [1.82, 2.24) is 5.32 Å². The standard InChI is InChI=1S/C30H31F2NO4/c1-18-25(31)15-19(16-26(18)32)13-14-27(28(34)37-30(2,3)4)33-29(35)36-17-24-22-11-7-5-9-20(22)21-10-6-8-12-23(21)24/h5-12,15-16,24,27H,13-14,17H2,1-4H3,(H,33,35)/t27-/m0/s1. The molecule has 7 heteroatoms. The molecule has 1 aliphatic rings. The fourth-order valence-corrected chi connectivity index (χ4v) is 4.56. The molecule has 1 atom stereocenters. The van der Waals surface area contributed by atoms with Crippen molar-refractivity contribution in [2.75, 3.05) is 6.61 Å². The predicted octanol–water partition coefficient (Wildman–Crippen LogP) is 6.45. The highest BCUT2D eigenvalue weighted by Gasteiger charge is 2.31. The van der Waals surface area contributed by atoms with Gasteiger partial charge in [-0.05, 0) is 80.5 Å². The Bertz CT molecular complexity index is 1250. The second kappa shape index (κ2) is 10.7. The highest BCUT2D eigenvalue weighted by atomic mass is 19.1. The number of halogens is 2. The lowest BCUT2D eigenvalue weighted by atomic mass is 9.98. The van der Waals surface area contributed by atoms with Gasteiger partial charge in [0.1, 0.15) is 29.9 Å². The number of nitrogens with one attached hydrogen (secondary N) is 1. The first-order chi connectivity index (χ1) is 17.5. The molecule has 0 unspecified atom stereocenters. The highest BCUT2D eigenvalue weighted by Crippen LogP contribution is 2.44. The van der Waals surface area contributed by atoms with E-state index in [0.717, 1.165) is 22.3 Å². The number of amides is 1. The summed E-state index contributed by atoms with van der Waals surface area (Å²) < 4.78 is 39.0. The van der Waals surface area contributed by atoms with Crippen molar-refractivity contribution in [2.24, 2.45) is 0 Å². The number of hydrogen-bond donors (Lipinski definition) is 1. The van der Waals surface area contributed by atoms with E-state index in [-0.39, 0.29) is 30.9 Å². The molecule has 3 aromatic carbocycles. The van der Waals surface area contributed by atoms with Gasteiger partial charge in [-0.2, -0.15) is 0 Å². The normalized spacial score (nSPS) is 13.5. The van der Waals surface area contributed by atoms with Crippen LogP contribution in [0.1, 0.15) is 55.4 Å². The summed E-state index contributed by atoms with van der Waals surface area (Å²) in [4.78, 5) is 25.7. The van der Waals surface area contributed by atoms with E-state index in [4.69, 9.17) is 9.47 Å². The monoisotopic (exact) mass is 507 g/mol. The Labute approximate surface area is 215 Å². The summed E-state index contributed by atoms with van der Waals surface area (Å²) in [6.45, 7) is 6.62. The Kier molecular flexibility index (Phi) is 7.62. The smallest absolute Gasteiger partial charge is 0.407 e. The third-order valence-corrected chi connectivity index (χ3v) is 6.39. The van der Waals surface area contributed by atoms with Crippen LogP contribution in [0.3, 0.4) is 0 Å². The maximum absolute atomic E-state index is 14.0. The molecule has 0 radical (unpaired) electrons. The summed E-state index contributed by atoms with van der Waals surface area (Å²) in [6, 6.07) is 17.4. The van der Waals surface area contributed by atoms with Crippen LogP contribution in [0.2, 0.25) is 0 Å². The minimum Gasteiger partial charge on any atom is -0.458 e. The number of benzene rings is 3. The van der Waals surface area contributed by atoms with Crippen LogP contribution in [0.4, 0.5) is 13.6 Å². The van der Waals surface area contributed by atoms with Crippen LogP contribution in [-0.4, -0.2) is 30.3 Å². The zero-order valence-electron chi connectivity index (χ0n) is 21.4. The van der Waals surface area contributed by atoms with E-state index in [9.17, 15) is 18.4 Å². The van der Waals surface area contributed by atoms with Crippen molar-refractivity contribution in [3.8, 4) is 11.1 Å². The van der Waals surface area contributed by atoms with Crippen molar-refractivity contribution in [1.29, 1.82) is 0 Å². The van der Waals surface area contributed by atoms with Crippen LogP contribution in [0, 0.1) is 18.6 Å². The number of carbonyl (C=O) groups excluding carboxylic acids is 2. The average molecular weight is 508 g/mol. The van der Waals surface area contributed by atoms with Crippen molar-refractivity contribution in [3.05, 3.63) is 94.6 Å². The Morgan fingerprint density at radius 3 is 2.03 bits per heavy atom. The fourth-order valence-electron chi connectivity index (χ4n) is 4.56. The predicted molar refractivity (Wildman–Crippen MR) is 137 cm³/mol. The van der Waals surface area contributed by atoms with Crippen LogP contribution in [-0.2, 0) is 20.7 Å². The van der Waals surface area contributed by atoms with Gasteiger partial charge >= 0.3 is 12.1 Å². The van der Waals surface area contributed by atoms with Gasteiger partial charge in [0.05, 0.1) is 0 Å². The van der Waals surface area contributed by atoms with Gasteiger partial charge in [0.2, 0.25) is 0 Å². The van der Waals surface area contributed by atoms with Crippen LogP contribution in [0.25, 0.3) is 11.1 Å². The van der Waals surface area contributed by atoms with Crippen molar-refractivity contribution >= 4 is 12.1 Å². The number of hydrogen-bond acceptors (Lipinski definition) is 4. The lowest BCUT2D eigenvalue weighted by molar-refractivity contribution is -0.157. The number of alkyl carbamates (subject to hydrolysis) is 1. The van der Waals surface area contributed by atoms with E-state index in [1.165, 1.54) is 19.1 Å². The number of fused-ring (bicyclic) bond motifs is 3. The first-order valence-electron chi connectivity index (χ1n) is 12.3. The molecule has 0 heterocycles. The van der Waals surface area contributed by atoms with Crippen molar-refractivity contribution in [3.63, 3.8) is 0 Å². The van der Waals surface area contributed by atoms with Crippen LogP contribution >= 0.6 is 0 Å². The van der Waals surface area contributed by atoms with E-state index >= 15 is 0 Å². The maximum Gasteiger partial charge on any atom is 0.407 e. The molecule has 1 N–H and O–H groups in total. The minimum atomic E-state index is -1.05. The van der Waals surface area contributed by atoms with Crippen molar-refractivity contribution < 1.29 is 27.8 Å². The van der Waals surface area contributed by atoms with Gasteiger partial charge in [-0.25, -0.2) is 18.4 Å². The lowest BCUT2D eigenvalue weighted by Crippen LogP contribution is -2.45. The summed E-state index contributed by atoms with van der Waals surface area (Å²) in [5.41, 5.74) is 3.90. The second-order valence-electron chi connectivity index (χ2n) is 10.3. The molecular formula is C30H31F2NO4. The Morgan fingerprint density at radius 1 is 0.946 bits per heavy atom. The highest BCUT2D eigenvalue weighted by molar-refractivity contribution is 5.82. The molecular weight excluding hydrogens is 476 g/mol. The second-order valence-corrected chi connectivity index (χ2v) is 10.3. The van der Waals surface area contributed by atoms with Gasteiger partial charge in [-0.1, -0.05) is 48.5 Å². The van der Waals surface area contributed by atoms with Crippen LogP contribution < -0.4 is 5.32 Å². The Morgan fingerprint density at radius 2 is 1.49 bits per heavy atom. The SMILES string of the molecule is Cc1c(F)cc(CC[C@H](NC(=O)OCC2c3ccccc3-c3ccccc32)C(=O)OC(C)(C)C)cc1F. The van der Waals surface area contributed by atoms with Gasteiger partial charge in [-0.15, -0.1) is 0 Å². The lowest BCUT2D eigenvalue weighted by Gasteiger charge is -2.25. The largest absolute Gasteiger partial charge is 0.458 e. The van der Waals surface area contributed by atoms with Gasteiger partial charge in [0.15, 0.2) is 0 Å². The summed E-state index contributed by atoms with van der Waals surface area (Å²) in [7, 11) is 0. The van der Waals surface area contributed by atoms with E-state index in [0.29, 0.717) is 5.56 Å². The fraction of sp³-hybridized carbons (Fsp3) is 0.333. The number of aryl methyl sites for hydroxylation is 1. The quantitative estimate of drug-likeness (QED) is 0.373. The molecule has 0 aliphatic heterocycles. The summed E-state index contributed by atoms with van der Waals surface area (Å²) in [5.74, 6) is -2.09. The molecule has 0 fully saturated rings. The molecule has 194 valence electrons. The summed E-state index contributed by atoms with van der Waals surface area (Å²) in [6.07, 6.45) is -0.526. The molecule has 0 spiro atoms. The number of carbonyl (C=O) groups is 2. The van der Waals surface area contributed by atoms with Gasteiger partial charge in [0, 0.05) is 11.5 Å². The maximum atomic E-state index is 14.0. The van der Waals surface area contributed by atoms with E-state index in [1.807, 2.05) is 48.5 Å². The van der Waals surface area contributed by atoms with Crippen LogP contribution in [0.5, 0.6) is 0 Å². The molecule has 0 aromatic heterocycles. The molecule has 0 saturated carbocycles. The summed E-state index contributed by atoms with van der Waals surface area (Å²) in [5, 5.41) is 2.60. The molecule has 37 heavy (non-hydrogen) atoms. The summed E-state index contributed by atoms with van der Waals surface area (Å²) >= 11 is 0. The first kappa shape index (κ1) is 26.3. The Balaban J connectivity index is 1.45. The van der Waals surface area contributed by atoms with Crippen molar-refractivity contribution in [2.45, 2.75) is 58.1 Å². The zero-order chi connectivity index (χ0) is 26.7. The zero-order valence-corrected chi connectivity index (χ0v) is 21.4. The topological polar surface area (TPSA) is 64.6 Å². The van der Waals surface area contributed by atoms with E-state index in [2.05, 4.69) is 5.32 Å². The molecule has 3 aromatic rings. The molecule has 4 rings (SSSR count). The Hall–Kier alpha value is -3.74. The molecule has 0 saturated heterocycles. The van der Waals surface area contributed by atoms with E-state index in [1.54, 1.807) is 20.8 Å². The number of esters is 1. The third kappa shape index (κ3) is 6.16. The first-order valence-corrected chi connectivity index (χ1v) is 12.3. The van der Waals surface area contributed by atoms with Crippen LogP contribution in [0.15, 0.2) is 60.7 Å². The average Bonchev–Trinajstić information content (AvgIpc) is 3.16. The van der Waals surface area contributed by atoms with Gasteiger partial charge < -0.3 is 14.8 Å². The minimum absolute atomic E-state index is 0.0656. The van der Waals surface area contributed by atoms with E-state index < -0.39 is 35.3 Å². The number of ether oxygens (including phenoxy) is 2. The molecule has 1 aliphatic carbocycles. The third-order valence-electron chi connectivity index (χ3n) is 6.39. The molecule has 1 amide bonds. The van der Waals surface area contributed by atoms with Gasteiger partial charge in [0.25, 0.3) is 0 Å². The molecule has 0 bridgehead atoms. The molecule has 5 nitrogen and oxygen atoms in total. The van der Waals surface area contributed by atoms with Gasteiger partial charge in [-0.3, -0.25) is 0 Å².